The Balaban J connectivity index is 2.09. The van der Waals surface area contributed by atoms with Crippen LogP contribution in [-0.2, 0) is 20.7 Å². The minimum absolute atomic E-state index is 0.0319. The lowest BCUT2D eigenvalue weighted by molar-refractivity contribution is -0.227. The molecule has 0 unspecified atom stereocenters. The van der Waals surface area contributed by atoms with Crippen molar-refractivity contribution in [3.8, 4) is 5.75 Å². The smallest absolute Gasteiger partial charge is 0.322 e. The second kappa shape index (κ2) is 9.28. The second-order valence-corrected chi connectivity index (χ2v) is 6.53. The van der Waals surface area contributed by atoms with Crippen LogP contribution in [0.15, 0.2) is 24.3 Å². The van der Waals surface area contributed by atoms with Crippen molar-refractivity contribution < 1.29 is 45.0 Å². The molecule has 0 spiro atoms. The van der Waals surface area contributed by atoms with Crippen LogP contribution in [0.4, 0.5) is 0 Å². The number of phenolic OH excluding ortho intramolecular Hbond substituents is 1. The average molecular weight is 400 g/mol. The van der Waals surface area contributed by atoms with Gasteiger partial charge in [0, 0.05) is 0 Å². The summed E-state index contributed by atoms with van der Waals surface area (Å²) < 4.78 is 5.10. The molecule has 2 rings (SSSR count). The SMILES string of the molecule is O=C(O)CNC(=O)[C@H](Cc1ccc(O)cc1)NC[C@]1(O)O[C@H](CO)[C@@H](O)[C@@H]1O. The Morgan fingerprint density at radius 3 is 2.39 bits per heavy atom. The predicted octanol–water partition coefficient (Wildman–Crippen LogP) is -3.10. The molecule has 28 heavy (non-hydrogen) atoms. The summed E-state index contributed by atoms with van der Waals surface area (Å²) in [5.74, 6) is -4.14. The lowest BCUT2D eigenvalue weighted by Crippen LogP contribution is -2.56. The summed E-state index contributed by atoms with van der Waals surface area (Å²) in [5.41, 5.74) is 0.633. The number of aromatic hydroxyl groups is 1. The number of hydrogen-bond acceptors (Lipinski definition) is 9. The number of aliphatic carboxylic acids is 1. The van der Waals surface area contributed by atoms with Crippen LogP contribution < -0.4 is 10.6 Å². The Morgan fingerprint density at radius 2 is 1.86 bits per heavy atom. The van der Waals surface area contributed by atoms with Crippen molar-refractivity contribution in [2.75, 3.05) is 19.7 Å². The maximum absolute atomic E-state index is 12.3. The molecule has 5 atom stereocenters. The Labute approximate surface area is 160 Å². The number of carboxylic acids is 1. The predicted molar refractivity (Wildman–Crippen MR) is 93.2 cm³/mol. The van der Waals surface area contributed by atoms with Crippen molar-refractivity contribution in [2.24, 2.45) is 0 Å². The van der Waals surface area contributed by atoms with Crippen LogP contribution in [-0.4, -0.2) is 92.4 Å². The van der Waals surface area contributed by atoms with Gasteiger partial charge in [-0.05, 0) is 24.1 Å². The van der Waals surface area contributed by atoms with Gasteiger partial charge >= 0.3 is 5.97 Å². The Bertz CT molecular complexity index is 684. The van der Waals surface area contributed by atoms with E-state index in [1.54, 1.807) is 12.1 Å². The van der Waals surface area contributed by atoms with Gasteiger partial charge in [0.05, 0.1) is 19.2 Å². The molecule has 1 amide bonds. The van der Waals surface area contributed by atoms with Crippen LogP contribution in [0, 0.1) is 0 Å². The van der Waals surface area contributed by atoms with Crippen molar-refractivity contribution in [1.29, 1.82) is 0 Å². The van der Waals surface area contributed by atoms with Gasteiger partial charge in [-0.2, -0.15) is 0 Å². The first-order chi connectivity index (χ1) is 13.2. The molecule has 0 aliphatic carbocycles. The fraction of sp³-hybridized carbons (Fsp3) is 0.529. The zero-order chi connectivity index (χ0) is 20.9. The van der Waals surface area contributed by atoms with E-state index in [0.29, 0.717) is 5.56 Å². The minimum atomic E-state index is -2.26. The molecule has 1 fully saturated rings. The van der Waals surface area contributed by atoms with Crippen molar-refractivity contribution in [1.82, 2.24) is 10.6 Å². The van der Waals surface area contributed by atoms with Gasteiger partial charge < -0.3 is 46.0 Å². The molecule has 11 nitrogen and oxygen atoms in total. The van der Waals surface area contributed by atoms with Gasteiger partial charge in [-0.3, -0.25) is 9.59 Å². The largest absolute Gasteiger partial charge is 0.508 e. The zero-order valence-electron chi connectivity index (χ0n) is 14.9. The molecule has 8 N–H and O–H groups in total. The Kier molecular flexibility index (Phi) is 7.29. The lowest BCUT2D eigenvalue weighted by Gasteiger charge is -2.28. The molecular formula is C17H24N2O9. The maximum Gasteiger partial charge on any atom is 0.322 e. The summed E-state index contributed by atoms with van der Waals surface area (Å²) in [4.78, 5) is 23.0. The molecule has 0 saturated carbocycles. The number of nitrogens with one attached hydrogen (secondary N) is 2. The number of hydrogen-bond donors (Lipinski definition) is 8. The monoisotopic (exact) mass is 400 g/mol. The first kappa shape index (κ1) is 22.0. The van der Waals surface area contributed by atoms with Crippen LogP contribution in [0.5, 0.6) is 5.75 Å². The summed E-state index contributed by atoms with van der Waals surface area (Å²) >= 11 is 0. The minimum Gasteiger partial charge on any atom is -0.508 e. The van der Waals surface area contributed by atoms with E-state index in [-0.39, 0.29) is 12.2 Å². The zero-order valence-corrected chi connectivity index (χ0v) is 14.9. The Hall–Kier alpha value is -2.28. The second-order valence-electron chi connectivity index (χ2n) is 6.53. The summed E-state index contributed by atoms with van der Waals surface area (Å²) in [6, 6.07) is 4.95. The lowest BCUT2D eigenvalue weighted by atomic mass is 10.0. The van der Waals surface area contributed by atoms with Crippen LogP contribution in [0.25, 0.3) is 0 Å². The van der Waals surface area contributed by atoms with Crippen LogP contribution in [0.1, 0.15) is 5.56 Å². The van der Waals surface area contributed by atoms with Crippen molar-refractivity contribution >= 4 is 11.9 Å². The van der Waals surface area contributed by atoms with E-state index in [4.69, 9.17) is 14.9 Å². The highest BCUT2D eigenvalue weighted by molar-refractivity contribution is 5.85. The van der Waals surface area contributed by atoms with E-state index < -0.39 is 61.7 Å². The normalized spacial score (nSPS) is 28.1. The van der Waals surface area contributed by atoms with Gasteiger partial charge in [-0.25, -0.2) is 0 Å². The number of aliphatic hydroxyl groups excluding tert-OH is 3. The molecule has 0 radical (unpaired) electrons. The summed E-state index contributed by atoms with van der Waals surface area (Å²) in [5, 5.41) is 62.3. The van der Waals surface area contributed by atoms with Gasteiger partial charge in [0.15, 0.2) is 0 Å². The molecule has 1 aliphatic heterocycles. The number of aliphatic hydroxyl groups is 4. The number of benzene rings is 1. The van der Waals surface area contributed by atoms with E-state index >= 15 is 0 Å². The third kappa shape index (κ3) is 5.38. The molecule has 1 heterocycles. The molecule has 156 valence electrons. The highest BCUT2D eigenvalue weighted by Crippen LogP contribution is 2.28. The average Bonchev–Trinajstić information content (AvgIpc) is 2.88. The fourth-order valence-corrected chi connectivity index (χ4v) is 2.84. The third-order valence-electron chi connectivity index (χ3n) is 4.41. The number of carboxylic acid groups (broad SMARTS) is 1. The van der Waals surface area contributed by atoms with Crippen LogP contribution in [0.2, 0.25) is 0 Å². The highest BCUT2D eigenvalue weighted by Gasteiger charge is 2.53. The molecule has 0 aromatic heterocycles. The number of ether oxygens (including phenoxy) is 1. The first-order valence-electron chi connectivity index (χ1n) is 8.54. The van der Waals surface area contributed by atoms with Crippen LogP contribution >= 0.6 is 0 Å². The molecule has 0 bridgehead atoms. The Morgan fingerprint density at radius 1 is 1.21 bits per heavy atom. The van der Waals surface area contributed by atoms with Crippen molar-refractivity contribution in [3.05, 3.63) is 29.8 Å². The number of rotatable bonds is 9. The van der Waals surface area contributed by atoms with E-state index in [2.05, 4.69) is 10.6 Å². The van der Waals surface area contributed by atoms with Gasteiger partial charge in [0.1, 0.15) is 30.6 Å². The van der Waals surface area contributed by atoms with Gasteiger partial charge in [-0.1, -0.05) is 12.1 Å². The number of amides is 1. The molecule has 1 aromatic carbocycles. The summed E-state index contributed by atoms with van der Waals surface area (Å²) in [6.45, 7) is -1.72. The molecule has 1 aromatic rings. The molecule has 1 aliphatic rings. The molecule has 1 saturated heterocycles. The number of carbonyl (C=O) groups is 2. The summed E-state index contributed by atoms with van der Waals surface area (Å²) in [6.07, 6.45) is -4.37. The maximum atomic E-state index is 12.3. The van der Waals surface area contributed by atoms with Gasteiger partial charge in [0.25, 0.3) is 0 Å². The quantitative estimate of drug-likeness (QED) is 0.211. The molecular weight excluding hydrogens is 376 g/mol. The molecule has 11 heteroatoms. The number of carbonyl (C=O) groups excluding carboxylic acids is 1. The van der Waals surface area contributed by atoms with E-state index in [1.165, 1.54) is 12.1 Å². The fourth-order valence-electron chi connectivity index (χ4n) is 2.84. The third-order valence-corrected chi connectivity index (χ3v) is 4.41. The standard InChI is InChI=1S/C17H24N2O9/c20-7-12-14(24)15(25)17(27,28-12)8-19-11(16(26)18-6-13(22)23)5-9-1-3-10(21)4-2-9/h1-4,11-12,14-15,19-21,24-25,27H,5-8H2,(H,18,26)(H,22,23)/t11-,12+,14+,15-,17-/m0/s1. The van der Waals surface area contributed by atoms with Gasteiger partial charge in [0.2, 0.25) is 11.7 Å². The highest BCUT2D eigenvalue weighted by atomic mass is 16.7. The number of phenols is 1. The van der Waals surface area contributed by atoms with E-state index in [0.717, 1.165) is 0 Å². The van der Waals surface area contributed by atoms with Crippen molar-refractivity contribution in [3.63, 3.8) is 0 Å². The topological polar surface area (TPSA) is 189 Å². The summed E-state index contributed by atoms with van der Waals surface area (Å²) in [7, 11) is 0. The van der Waals surface area contributed by atoms with E-state index in [9.17, 15) is 30.0 Å². The van der Waals surface area contributed by atoms with Gasteiger partial charge in [-0.15, -0.1) is 0 Å². The van der Waals surface area contributed by atoms with E-state index in [1.807, 2.05) is 0 Å². The van der Waals surface area contributed by atoms with Crippen molar-refractivity contribution in [2.45, 2.75) is 36.6 Å². The first-order valence-corrected chi connectivity index (χ1v) is 8.54. The van der Waals surface area contributed by atoms with Crippen LogP contribution in [0.3, 0.4) is 0 Å².